The highest BCUT2D eigenvalue weighted by atomic mass is 15.1. The first-order valence-electron chi connectivity index (χ1n) is 10.4. The lowest BCUT2D eigenvalue weighted by molar-refractivity contribution is 0.119. The monoisotopic (exact) mass is 343 g/mol. The second-order valence-electron chi connectivity index (χ2n) is 8.67. The van der Waals surface area contributed by atoms with Crippen molar-refractivity contribution in [3.8, 4) is 6.07 Å². The molecule has 1 aliphatic rings. The van der Waals surface area contributed by atoms with Gasteiger partial charge in [-0.3, -0.25) is 0 Å². The van der Waals surface area contributed by atoms with Crippen LogP contribution in [0.5, 0.6) is 0 Å². The summed E-state index contributed by atoms with van der Waals surface area (Å²) < 4.78 is 2.46. The van der Waals surface area contributed by atoms with E-state index in [1.807, 2.05) is 6.20 Å². The molecule has 0 bridgehead atoms. The Labute approximate surface area is 154 Å². The van der Waals surface area contributed by atoms with Crippen molar-refractivity contribution in [3.63, 3.8) is 0 Å². The van der Waals surface area contributed by atoms with E-state index in [2.05, 4.69) is 45.3 Å². The van der Waals surface area contributed by atoms with Crippen LogP contribution >= 0.6 is 0 Å². The molecule has 3 nitrogen and oxygen atoms in total. The van der Waals surface area contributed by atoms with Crippen LogP contribution < -0.4 is 0 Å². The Bertz CT molecular complexity index is 579. The Hall–Kier alpha value is -1.30. The molecule has 0 N–H and O–H groups in total. The van der Waals surface area contributed by atoms with Gasteiger partial charge in [-0.15, -0.1) is 0 Å². The average Bonchev–Trinajstić information content (AvgIpc) is 3.01. The number of imidazole rings is 1. The van der Waals surface area contributed by atoms with Crippen molar-refractivity contribution in [1.82, 2.24) is 9.55 Å². The first-order valence-corrected chi connectivity index (χ1v) is 10.4. The molecule has 0 aromatic carbocycles. The van der Waals surface area contributed by atoms with E-state index in [4.69, 9.17) is 10.2 Å². The molecule has 3 unspecified atom stereocenters. The van der Waals surface area contributed by atoms with E-state index in [0.717, 1.165) is 25.2 Å². The van der Waals surface area contributed by atoms with Gasteiger partial charge < -0.3 is 4.57 Å². The molecule has 1 heterocycles. The largest absolute Gasteiger partial charge is 0.329 e. The van der Waals surface area contributed by atoms with Crippen molar-refractivity contribution >= 4 is 0 Å². The molecule has 3 heteroatoms. The van der Waals surface area contributed by atoms with Gasteiger partial charge in [0, 0.05) is 36.7 Å². The number of hydrogen-bond donors (Lipinski definition) is 0. The highest BCUT2D eigenvalue weighted by Gasteiger charge is 2.34. The minimum Gasteiger partial charge on any atom is -0.329 e. The standard InChI is InChI=1S/C22H37N3/c1-6-17(3)25-20(12-10-14-23)16-24-21(25)18(7-2)15-19-11-8-9-13-22(19,4)5/h16-19H,6-13,15H2,1-5H3. The van der Waals surface area contributed by atoms with Crippen molar-refractivity contribution in [3.05, 3.63) is 17.7 Å². The summed E-state index contributed by atoms with van der Waals surface area (Å²) in [6.45, 7) is 11.8. The van der Waals surface area contributed by atoms with Gasteiger partial charge in [0.2, 0.25) is 0 Å². The van der Waals surface area contributed by atoms with E-state index in [0.29, 0.717) is 23.8 Å². The van der Waals surface area contributed by atoms with Gasteiger partial charge in [-0.1, -0.05) is 40.5 Å². The Morgan fingerprint density at radius 2 is 2.08 bits per heavy atom. The molecule has 25 heavy (non-hydrogen) atoms. The first kappa shape index (κ1) is 20.0. The number of rotatable bonds is 8. The lowest BCUT2D eigenvalue weighted by Gasteiger charge is -2.40. The number of nitrogens with zero attached hydrogens (tertiary/aromatic N) is 3. The van der Waals surface area contributed by atoms with Crippen molar-refractivity contribution in [2.45, 2.75) is 104 Å². The Kier molecular flexibility index (Phi) is 7.11. The van der Waals surface area contributed by atoms with Crippen molar-refractivity contribution in [2.24, 2.45) is 11.3 Å². The molecule has 0 saturated heterocycles. The number of aryl methyl sites for hydroxylation is 1. The average molecular weight is 344 g/mol. The zero-order chi connectivity index (χ0) is 18.4. The van der Waals surface area contributed by atoms with Crippen LogP contribution in [0.4, 0.5) is 0 Å². The highest BCUT2D eigenvalue weighted by molar-refractivity contribution is 5.13. The van der Waals surface area contributed by atoms with E-state index >= 15 is 0 Å². The zero-order valence-corrected chi connectivity index (χ0v) is 17.0. The summed E-state index contributed by atoms with van der Waals surface area (Å²) in [5.74, 6) is 2.61. The SMILES string of the molecule is CCC(CC1CCCCC1(C)C)c1ncc(CCC#N)n1C(C)CC. The summed E-state index contributed by atoms with van der Waals surface area (Å²) in [7, 11) is 0. The summed E-state index contributed by atoms with van der Waals surface area (Å²) in [5, 5.41) is 8.97. The molecule has 140 valence electrons. The molecule has 1 aromatic rings. The zero-order valence-electron chi connectivity index (χ0n) is 17.0. The van der Waals surface area contributed by atoms with E-state index in [9.17, 15) is 0 Å². The predicted molar refractivity (Wildman–Crippen MR) is 105 cm³/mol. The molecule has 0 aliphatic heterocycles. The third kappa shape index (κ3) is 4.66. The minimum absolute atomic E-state index is 0.458. The minimum atomic E-state index is 0.458. The predicted octanol–water partition coefficient (Wildman–Crippen LogP) is 6.41. The van der Waals surface area contributed by atoms with Crippen LogP contribution in [-0.4, -0.2) is 9.55 Å². The maximum absolute atomic E-state index is 8.97. The lowest BCUT2D eigenvalue weighted by Crippen LogP contribution is -2.30. The molecule has 0 radical (unpaired) electrons. The fraction of sp³-hybridized carbons (Fsp3) is 0.818. The van der Waals surface area contributed by atoms with Gasteiger partial charge >= 0.3 is 0 Å². The topological polar surface area (TPSA) is 41.6 Å². The Balaban J connectivity index is 2.27. The molecular formula is C22H37N3. The molecule has 0 amide bonds. The molecule has 0 spiro atoms. The quantitative estimate of drug-likeness (QED) is 0.547. The second kappa shape index (κ2) is 8.88. The molecular weight excluding hydrogens is 306 g/mol. The van der Waals surface area contributed by atoms with Gasteiger partial charge in [0.1, 0.15) is 5.82 Å². The second-order valence-corrected chi connectivity index (χ2v) is 8.67. The van der Waals surface area contributed by atoms with Crippen LogP contribution in [0.1, 0.15) is 109 Å². The van der Waals surface area contributed by atoms with Crippen LogP contribution in [0.25, 0.3) is 0 Å². The summed E-state index contributed by atoms with van der Waals surface area (Å²) in [6.07, 6.45) is 12.5. The van der Waals surface area contributed by atoms with Gasteiger partial charge in [-0.05, 0) is 50.4 Å². The van der Waals surface area contributed by atoms with Crippen LogP contribution in [0.15, 0.2) is 6.20 Å². The van der Waals surface area contributed by atoms with Crippen molar-refractivity contribution < 1.29 is 0 Å². The smallest absolute Gasteiger partial charge is 0.112 e. The molecule has 1 saturated carbocycles. The third-order valence-electron chi connectivity index (χ3n) is 6.58. The maximum Gasteiger partial charge on any atom is 0.112 e. The Morgan fingerprint density at radius 1 is 1.32 bits per heavy atom. The summed E-state index contributed by atoms with van der Waals surface area (Å²) in [6, 6.07) is 2.75. The lowest BCUT2D eigenvalue weighted by atomic mass is 9.65. The summed E-state index contributed by atoms with van der Waals surface area (Å²) in [4.78, 5) is 4.88. The van der Waals surface area contributed by atoms with Crippen LogP contribution in [-0.2, 0) is 6.42 Å². The first-order chi connectivity index (χ1) is 11.9. The van der Waals surface area contributed by atoms with Gasteiger partial charge in [0.25, 0.3) is 0 Å². The maximum atomic E-state index is 8.97. The fourth-order valence-electron chi connectivity index (χ4n) is 4.58. The molecule has 2 rings (SSSR count). The highest BCUT2D eigenvalue weighted by Crippen LogP contribution is 2.45. The normalized spacial score (nSPS) is 22.3. The van der Waals surface area contributed by atoms with Crippen molar-refractivity contribution in [1.29, 1.82) is 5.26 Å². The van der Waals surface area contributed by atoms with E-state index in [1.165, 1.54) is 43.6 Å². The fourth-order valence-corrected chi connectivity index (χ4v) is 4.58. The number of nitriles is 1. The molecule has 1 fully saturated rings. The van der Waals surface area contributed by atoms with Crippen LogP contribution in [0.3, 0.4) is 0 Å². The number of aromatic nitrogens is 2. The molecule has 1 aromatic heterocycles. The van der Waals surface area contributed by atoms with Gasteiger partial charge in [-0.2, -0.15) is 5.26 Å². The summed E-state index contributed by atoms with van der Waals surface area (Å²) in [5.41, 5.74) is 1.70. The van der Waals surface area contributed by atoms with Gasteiger partial charge in [0.05, 0.1) is 6.07 Å². The van der Waals surface area contributed by atoms with E-state index in [1.54, 1.807) is 0 Å². The van der Waals surface area contributed by atoms with Gasteiger partial charge in [-0.25, -0.2) is 4.98 Å². The van der Waals surface area contributed by atoms with E-state index in [-0.39, 0.29) is 0 Å². The third-order valence-corrected chi connectivity index (χ3v) is 6.58. The Morgan fingerprint density at radius 3 is 2.68 bits per heavy atom. The number of hydrogen-bond acceptors (Lipinski definition) is 2. The van der Waals surface area contributed by atoms with Gasteiger partial charge in [0.15, 0.2) is 0 Å². The van der Waals surface area contributed by atoms with Crippen LogP contribution in [0, 0.1) is 22.7 Å². The van der Waals surface area contributed by atoms with Crippen LogP contribution in [0.2, 0.25) is 0 Å². The molecule has 3 atom stereocenters. The van der Waals surface area contributed by atoms with E-state index < -0.39 is 0 Å². The molecule has 1 aliphatic carbocycles. The van der Waals surface area contributed by atoms with Crippen molar-refractivity contribution in [2.75, 3.05) is 0 Å². The summed E-state index contributed by atoms with van der Waals surface area (Å²) >= 11 is 0.